The van der Waals surface area contributed by atoms with Gasteiger partial charge in [0, 0.05) is 0 Å². The van der Waals surface area contributed by atoms with Crippen LogP contribution in [0.1, 0.15) is 30.4 Å². The summed E-state index contributed by atoms with van der Waals surface area (Å²) in [5.41, 5.74) is 1.62. The summed E-state index contributed by atoms with van der Waals surface area (Å²) in [5, 5.41) is 9.64. The zero-order valence-electron chi connectivity index (χ0n) is 14.8. The molecule has 5 nitrogen and oxygen atoms in total. The van der Waals surface area contributed by atoms with Crippen molar-refractivity contribution in [1.82, 2.24) is 0 Å². The van der Waals surface area contributed by atoms with Crippen molar-refractivity contribution in [3.8, 4) is 17.2 Å². The van der Waals surface area contributed by atoms with Crippen molar-refractivity contribution >= 4 is 5.97 Å². The van der Waals surface area contributed by atoms with Crippen molar-refractivity contribution in [2.75, 3.05) is 20.8 Å². The van der Waals surface area contributed by atoms with Gasteiger partial charge in [0.15, 0.2) is 11.5 Å². The molecule has 2 rings (SSSR count). The number of hydrogen-bond acceptors (Lipinski definition) is 4. The molecule has 0 spiro atoms. The van der Waals surface area contributed by atoms with Crippen LogP contribution in [0.5, 0.6) is 17.2 Å². The molecular weight excluding hydrogens is 320 g/mol. The van der Waals surface area contributed by atoms with E-state index in [2.05, 4.69) is 0 Å². The highest BCUT2D eigenvalue weighted by molar-refractivity contribution is 5.76. The molecule has 0 saturated carbocycles. The van der Waals surface area contributed by atoms with E-state index in [1.54, 1.807) is 38.5 Å². The number of carbonyl (C=O) groups is 1. The number of methoxy groups -OCH3 is 2. The van der Waals surface area contributed by atoms with E-state index in [4.69, 9.17) is 14.2 Å². The van der Waals surface area contributed by atoms with Crippen LogP contribution in [-0.4, -0.2) is 31.9 Å². The zero-order chi connectivity index (χ0) is 18.2. The first-order valence-corrected chi connectivity index (χ1v) is 8.25. The lowest BCUT2D eigenvalue weighted by atomic mass is 9.92. The van der Waals surface area contributed by atoms with Gasteiger partial charge in [-0.3, -0.25) is 4.79 Å². The third-order valence-electron chi connectivity index (χ3n) is 3.95. The SMILES string of the molecule is CCCOc1cc(CC(C(=O)O)c2ccc(OC)cc2)ccc1OC. The Morgan fingerprint density at radius 1 is 1.04 bits per heavy atom. The molecule has 5 heteroatoms. The monoisotopic (exact) mass is 344 g/mol. The van der Waals surface area contributed by atoms with Gasteiger partial charge >= 0.3 is 5.97 Å². The summed E-state index contributed by atoms with van der Waals surface area (Å²) in [4.78, 5) is 11.8. The van der Waals surface area contributed by atoms with Gasteiger partial charge < -0.3 is 19.3 Å². The highest BCUT2D eigenvalue weighted by Gasteiger charge is 2.21. The Morgan fingerprint density at radius 3 is 2.32 bits per heavy atom. The maximum absolute atomic E-state index is 11.8. The average molecular weight is 344 g/mol. The van der Waals surface area contributed by atoms with E-state index in [0.717, 1.165) is 17.5 Å². The Bertz CT molecular complexity index is 694. The molecule has 0 radical (unpaired) electrons. The van der Waals surface area contributed by atoms with Crippen molar-refractivity contribution in [2.45, 2.75) is 25.7 Å². The summed E-state index contributed by atoms with van der Waals surface area (Å²) in [6.45, 7) is 2.61. The summed E-state index contributed by atoms with van der Waals surface area (Å²) in [6.07, 6.45) is 1.26. The van der Waals surface area contributed by atoms with E-state index in [1.807, 2.05) is 25.1 Å². The molecule has 0 heterocycles. The standard InChI is InChI=1S/C20H24O5/c1-4-11-25-19-13-14(5-10-18(19)24-3)12-17(20(21)22)15-6-8-16(23-2)9-7-15/h5-10,13,17H,4,11-12H2,1-3H3,(H,21,22). The molecule has 0 fully saturated rings. The van der Waals surface area contributed by atoms with Crippen molar-refractivity contribution in [3.63, 3.8) is 0 Å². The minimum atomic E-state index is -0.864. The van der Waals surface area contributed by atoms with Crippen LogP contribution in [0.3, 0.4) is 0 Å². The lowest BCUT2D eigenvalue weighted by Crippen LogP contribution is -2.14. The van der Waals surface area contributed by atoms with E-state index in [-0.39, 0.29) is 0 Å². The van der Waals surface area contributed by atoms with Gasteiger partial charge in [0.2, 0.25) is 0 Å². The second-order valence-corrected chi connectivity index (χ2v) is 5.70. The second kappa shape index (κ2) is 8.97. The fourth-order valence-corrected chi connectivity index (χ4v) is 2.59. The summed E-state index contributed by atoms with van der Waals surface area (Å²) in [6, 6.07) is 12.7. The lowest BCUT2D eigenvalue weighted by molar-refractivity contribution is -0.138. The predicted molar refractivity (Wildman–Crippen MR) is 95.9 cm³/mol. The number of benzene rings is 2. The number of hydrogen-bond donors (Lipinski definition) is 1. The molecule has 1 atom stereocenters. The van der Waals surface area contributed by atoms with Crippen molar-refractivity contribution in [2.24, 2.45) is 0 Å². The van der Waals surface area contributed by atoms with Gasteiger partial charge in [-0.25, -0.2) is 0 Å². The molecule has 0 saturated heterocycles. The molecule has 0 aliphatic heterocycles. The number of carboxylic acid groups (broad SMARTS) is 1. The van der Waals surface area contributed by atoms with Gasteiger partial charge in [-0.2, -0.15) is 0 Å². The first-order chi connectivity index (χ1) is 12.1. The first kappa shape index (κ1) is 18.6. The number of aliphatic carboxylic acids is 1. The zero-order valence-corrected chi connectivity index (χ0v) is 14.8. The largest absolute Gasteiger partial charge is 0.497 e. The molecule has 1 N–H and O–H groups in total. The molecule has 0 aromatic heterocycles. The second-order valence-electron chi connectivity index (χ2n) is 5.70. The summed E-state index contributed by atoms with van der Waals surface area (Å²) in [7, 11) is 3.17. The normalized spacial score (nSPS) is 11.6. The third-order valence-corrected chi connectivity index (χ3v) is 3.95. The van der Waals surface area contributed by atoms with Crippen LogP contribution >= 0.6 is 0 Å². The molecule has 0 aliphatic rings. The van der Waals surface area contributed by atoms with Gasteiger partial charge in [-0.1, -0.05) is 25.1 Å². The van der Waals surface area contributed by atoms with E-state index in [1.165, 1.54) is 0 Å². The van der Waals surface area contributed by atoms with E-state index < -0.39 is 11.9 Å². The van der Waals surface area contributed by atoms with Crippen LogP contribution in [0.25, 0.3) is 0 Å². The molecule has 134 valence electrons. The fourth-order valence-electron chi connectivity index (χ4n) is 2.59. The summed E-state index contributed by atoms with van der Waals surface area (Å²) in [5.74, 6) is 0.483. The van der Waals surface area contributed by atoms with Gasteiger partial charge in [0.25, 0.3) is 0 Å². The molecule has 2 aromatic carbocycles. The van der Waals surface area contributed by atoms with E-state index in [9.17, 15) is 9.90 Å². The minimum Gasteiger partial charge on any atom is -0.497 e. The van der Waals surface area contributed by atoms with Crippen LogP contribution in [-0.2, 0) is 11.2 Å². The van der Waals surface area contributed by atoms with E-state index >= 15 is 0 Å². The van der Waals surface area contributed by atoms with Crippen molar-refractivity contribution < 1.29 is 24.1 Å². The van der Waals surface area contributed by atoms with Crippen LogP contribution in [0.15, 0.2) is 42.5 Å². The van der Waals surface area contributed by atoms with E-state index in [0.29, 0.717) is 30.3 Å². The third kappa shape index (κ3) is 4.89. The highest BCUT2D eigenvalue weighted by atomic mass is 16.5. The molecule has 0 amide bonds. The summed E-state index contributed by atoms with van der Waals surface area (Å²) >= 11 is 0. The predicted octanol–water partition coefficient (Wildman–Crippen LogP) is 3.90. The van der Waals surface area contributed by atoms with Gasteiger partial charge in [0.05, 0.1) is 26.7 Å². The van der Waals surface area contributed by atoms with Crippen LogP contribution in [0.4, 0.5) is 0 Å². The van der Waals surface area contributed by atoms with Crippen LogP contribution < -0.4 is 14.2 Å². The number of rotatable bonds is 9. The molecule has 2 aromatic rings. The lowest BCUT2D eigenvalue weighted by Gasteiger charge is -2.16. The molecule has 0 bridgehead atoms. The van der Waals surface area contributed by atoms with Crippen molar-refractivity contribution in [3.05, 3.63) is 53.6 Å². The average Bonchev–Trinajstić information content (AvgIpc) is 2.64. The first-order valence-electron chi connectivity index (χ1n) is 8.25. The quantitative estimate of drug-likeness (QED) is 0.747. The van der Waals surface area contributed by atoms with Crippen LogP contribution in [0.2, 0.25) is 0 Å². The van der Waals surface area contributed by atoms with Crippen LogP contribution in [0, 0.1) is 0 Å². The minimum absolute atomic E-state index is 0.369. The molecular formula is C20H24O5. The van der Waals surface area contributed by atoms with Gasteiger partial charge in [-0.05, 0) is 48.2 Å². The Hall–Kier alpha value is -2.69. The smallest absolute Gasteiger partial charge is 0.311 e. The Balaban J connectivity index is 2.25. The number of ether oxygens (including phenoxy) is 3. The number of carboxylic acids is 1. The Labute approximate surface area is 148 Å². The maximum atomic E-state index is 11.8. The topological polar surface area (TPSA) is 65.0 Å². The Kier molecular flexibility index (Phi) is 6.69. The maximum Gasteiger partial charge on any atom is 0.311 e. The van der Waals surface area contributed by atoms with Gasteiger partial charge in [-0.15, -0.1) is 0 Å². The van der Waals surface area contributed by atoms with Crippen molar-refractivity contribution in [1.29, 1.82) is 0 Å². The highest BCUT2D eigenvalue weighted by Crippen LogP contribution is 2.31. The van der Waals surface area contributed by atoms with Gasteiger partial charge in [0.1, 0.15) is 5.75 Å². The fraction of sp³-hybridized carbons (Fsp3) is 0.350. The molecule has 25 heavy (non-hydrogen) atoms. The summed E-state index contributed by atoms with van der Waals surface area (Å²) < 4.78 is 16.1. The molecule has 1 unspecified atom stereocenters. The molecule has 0 aliphatic carbocycles. The Morgan fingerprint density at radius 2 is 1.76 bits per heavy atom.